The molecule has 0 N–H and O–H groups in total. The molecule has 0 amide bonds. The topological polar surface area (TPSA) is 90.0 Å². The van der Waals surface area contributed by atoms with Crippen LogP contribution < -0.4 is 8.92 Å². The van der Waals surface area contributed by atoms with E-state index < -0.39 is 16.0 Å². The Labute approximate surface area is 247 Å². The van der Waals surface area contributed by atoms with Gasteiger partial charge in [0.1, 0.15) is 4.90 Å². The van der Waals surface area contributed by atoms with Crippen molar-refractivity contribution in [2.45, 2.75) is 71.1 Å². The highest BCUT2D eigenvalue weighted by Crippen LogP contribution is 2.54. The van der Waals surface area contributed by atoms with Gasteiger partial charge in [0.25, 0.3) is 0 Å². The Morgan fingerprint density at radius 1 is 0.854 bits per heavy atom. The maximum atomic E-state index is 13.8. The van der Waals surface area contributed by atoms with E-state index in [0.717, 1.165) is 24.2 Å². The number of ether oxygens (including phenoxy) is 1. The predicted octanol–water partition coefficient (Wildman–Crippen LogP) is 6.82. The van der Waals surface area contributed by atoms with Crippen molar-refractivity contribution in [3.8, 4) is 11.5 Å². The lowest BCUT2D eigenvalue weighted by atomic mass is 9.63. The van der Waals surface area contributed by atoms with E-state index in [-0.39, 0.29) is 38.8 Å². The van der Waals surface area contributed by atoms with Crippen LogP contribution in [0.25, 0.3) is 0 Å². The Morgan fingerprint density at radius 2 is 1.39 bits per heavy atom. The average molecular weight is 598 g/mol. The molecule has 0 bridgehead atoms. The third kappa shape index (κ3) is 5.44. The van der Waals surface area contributed by atoms with Crippen molar-refractivity contribution in [1.29, 1.82) is 0 Å². The fourth-order valence-corrected chi connectivity index (χ4v) is 7.53. The van der Waals surface area contributed by atoms with Gasteiger partial charge in [-0.05, 0) is 72.6 Å². The molecule has 2 aromatic rings. The fraction of sp³-hybridized carbons (Fsp3) is 0.438. The lowest BCUT2D eigenvalue weighted by Crippen LogP contribution is -2.44. The van der Waals surface area contributed by atoms with Crippen LogP contribution in [0.2, 0.25) is 5.02 Å². The number of rotatable bonds is 6. The van der Waals surface area contributed by atoms with Gasteiger partial charge in [-0.15, -0.1) is 0 Å². The first-order valence-corrected chi connectivity index (χ1v) is 15.6. The number of Topliss-reactive ketones (excluding diaryl/α,β-unsaturated/α-hetero) is 2. The summed E-state index contributed by atoms with van der Waals surface area (Å²) >= 11 is 5.91. The number of hydrogen-bond donors (Lipinski definition) is 0. The monoisotopic (exact) mass is 597 g/mol. The maximum absolute atomic E-state index is 13.8. The van der Waals surface area contributed by atoms with Crippen LogP contribution in [-0.4, -0.2) is 38.5 Å². The molecule has 0 saturated heterocycles. The molecule has 0 spiro atoms. The molecule has 0 atom stereocenters. The van der Waals surface area contributed by atoms with E-state index in [1.807, 2.05) is 0 Å². The van der Waals surface area contributed by atoms with Gasteiger partial charge in [-0.25, -0.2) is 0 Å². The highest BCUT2D eigenvalue weighted by Gasteiger charge is 2.48. The molecule has 2 aromatic carbocycles. The number of halogens is 1. The number of carbonyl (C=O) groups excluding carboxylic acids is 2. The Morgan fingerprint density at radius 3 is 1.88 bits per heavy atom. The van der Waals surface area contributed by atoms with Crippen molar-refractivity contribution in [3.63, 3.8) is 0 Å². The number of ketones is 2. The van der Waals surface area contributed by atoms with Crippen LogP contribution in [0.3, 0.4) is 0 Å². The summed E-state index contributed by atoms with van der Waals surface area (Å²) in [7, 11) is -2.74. The zero-order valence-corrected chi connectivity index (χ0v) is 25.9. The summed E-state index contributed by atoms with van der Waals surface area (Å²) in [6, 6.07) is 10.6. The zero-order chi connectivity index (χ0) is 29.9. The van der Waals surface area contributed by atoms with E-state index in [9.17, 15) is 18.0 Å². The Kier molecular flexibility index (Phi) is 7.40. The minimum absolute atomic E-state index is 0.00723. The first-order valence-electron chi connectivity index (χ1n) is 13.8. The van der Waals surface area contributed by atoms with Crippen LogP contribution in [0.15, 0.2) is 69.9 Å². The molecule has 0 unspecified atom stereocenters. The van der Waals surface area contributed by atoms with Crippen LogP contribution in [0.4, 0.5) is 0 Å². The normalized spacial score (nSPS) is 20.6. The van der Waals surface area contributed by atoms with Gasteiger partial charge in [0.15, 0.2) is 23.1 Å². The second-order valence-corrected chi connectivity index (χ2v) is 14.7. The lowest BCUT2D eigenvalue weighted by molar-refractivity contribution is -0.119. The van der Waals surface area contributed by atoms with Crippen molar-refractivity contribution in [3.05, 3.63) is 75.6 Å². The number of nitrogens with zero attached hydrogens (tertiary/aromatic N) is 1. The van der Waals surface area contributed by atoms with Gasteiger partial charge in [-0.3, -0.25) is 9.59 Å². The van der Waals surface area contributed by atoms with E-state index in [0.29, 0.717) is 41.1 Å². The Hall–Kier alpha value is -3.10. The van der Waals surface area contributed by atoms with Gasteiger partial charge in [0.05, 0.1) is 7.11 Å². The van der Waals surface area contributed by atoms with Gasteiger partial charge in [0.2, 0.25) is 0 Å². The van der Waals surface area contributed by atoms with Gasteiger partial charge in [-0.2, -0.15) is 8.42 Å². The molecular formula is C32H36ClNO6S. The lowest BCUT2D eigenvalue weighted by Gasteiger charge is -2.48. The molecule has 41 heavy (non-hydrogen) atoms. The predicted molar refractivity (Wildman–Crippen MR) is 157 cm³/mol. The maximum Gasteiger partial charge on any atom is 0.339 e. The number of methoxy groups -OCH3 is 1. The van der Waals surface area contributed by atoms with Crippen molar-refractivity contribution < 1.29 is 26.9 Å². The molecule has 9 heteroatoms. The molecule has 3 aliphatic rings. The van der Waals surface area contributed by atoms with Crippen LogP contribution in [0, 0.1) is 10.8 Å². The van der Waals surface area contributed by atoms with Crippen molar-refractivity contribution in [2.24, 2.45) is 10.8 Å². The fourth-order valence-electron chi connectivity index (χ4n) is 6.46. The summed E-state index contributed by atoms with van der Waals surface area (Å²) in [6.07, 6.45) is 2.22. The van der Waals surface area contributed by atoms with Crippen molar-refractivity contribution in [2.75, 3.05) is 13.7 Å². The van der Waals surface area contributed by atoms with E-state index in [2.05, 4.69) is 39.5 Å². The van der Waals surface area contributed by atoms with Crippen LogP contribution in [0.1, 0.15) is 71.8 Å². The molecule has 2 aliphatic carbocycles. The summed E-state index contributed by atoms with van der Waals surface area (Å²) in [4.78, 5) is 29.8. The minimum Gasteiger partial charge on any atom is -0.493 e. The molecule has 0 fully saturated rings. The van der Waals surface area contributed by atoms with E-state index in [1.165, 1.54) is 37.4 Å². The summed E-state index contributed by atoms with van der Waals surface area (Å²) in [5.74, 6) is -0.296. The van der Waals surface area contributed by atoms with Gasteiger partial charge < -0.3 is 13.8 Å². The molecule has 5 rings (SSSR count). The second kappa shape index (κ2) is 10.3. The van der Waals surface area contributed by atoms with Crippen LogP contribution >= 0.6 is 11.6 Å². The summed E-state index contributed by atoms with van der Waals surface area (Å²) < 4.78 is 37.0. The van der Waals surface area contributed by atoms with Gasteiger partial charge >= 0.3 is 10.1 Å². The summed E-state index contributed by atoms with van der Waals surface area (Å²) in [5, 5.41) is 0.406. The number of hydrogen-bond acceptors (Lipinski definition) is 7. The number of benzene rings is 2. The largest absolute Gasteiger partial charge is 0.493 e. The number of allylic oxidation sites excluding steroid dienone is 4. The molecule has 0 saturated carbocycles. The van der Waals surface area contributed by atoms with E-state index in [1.54, 1.807) is 12.1 Å². The molecule has 1 heterocycles. The zero-order valence-electron chi connectivity index (χ0n) is 24.3. The van der Waals surface area contributed by atoms with Gasteiger partial charge in [-0.1, -0.05) is 45.4 Å². The molecular weight excluding hydrogens is 562 g/mol. The smallest absolute Gasteiger partial charge is 0.339 e. The van der Waals surface area contributed by atoms with E-state index in [4.69, 9.17) is 20.5 Å². The molecule has 0 radical (unpaired) electrons. The third-order valence-corrected chi connectivity index (χ3v) is 9.66. The third-order valence-electron chi connectivity index (χ3n) is 8.16. The quantitative estimate of drug-likeness (QED) is 0.337. The van der Waals surface area contributed by atoms with Crippen LogP contribution in [-0.2, 0) is 19.7 Å². The Bertz CT molecular complexity index is 1550. The van der Waals surface area contributed by atoms with Gasteiger partial charge in [0, 0.05) is 52.9 Å². The van der Waals surface area contributed by atoms with E-state index >= 15 is 0 Å². The first-order chi connectivity index (χ1) is 19.2. The molecule has 0 aromatic heterocycles. The second-order valence-electron chi connectivity index (χ2n) is 12.7. The molecule has 1 aliphatic heterocycles. The molecule has 218 valence electrons. The van der Waals surface area contributed by atoms with Crippen molar-refractivity contribution in [1.82, 2.24) is 4.90 Å². The number of carbonyl (C=O) groups is 2. The average Bonchev–Trinajstić information content (AvgIpc) is 2.86. The standard InChI is InChI=1S/C32H36ClNO6S/c1-7-34-22-15-31(2,3)17-24(35)29(22)28(30-23(34)16-32(4,5)18-25(30)36)19-8-13-26(27(14-19)39-6)40-41(37,38)21-11-9-20(33)10-12-21/h8-14,28H,7,15-18H2,1-6H3. The summed E-state index contributed by atoms with van der Waals surface area (Å²) in [5.41, 5.74) is 3.55. The van der Waals surface area contributed by atoms with Crippen molar-refractivity contribution >= 4 is 33.3 Å². The minimum atomic E-state index is -4.16. The first kappa shape index (κ1) is 29.4. The van der Waals surface area contributed by atoms with Crippen LogP contribution in [0.5, 0.6) is 11.5 Å². The Balaban J connectivity index is 1.64. The SMILES string of the molecule is CCN1C2=C(C(=O)CC(C)(C)C2)C(c2ccc(OS(=O)(=O)c3ccc(Cl)cc3)c(OC)c2)C2=C1CC(C)(C)CC2=O. The highest BCUT2D eigenvalue weighted by molar-refractivity contribution is 7.87. The highest BCUT2D eigenvalue weighted by atomic mass is 35.5. The molecule has 7 nitrogen and oxygen atoms in total. The summed E-state index contributed by atoms with van der Waals surface area (Å²) in [6.45, 7) is 11.1.